The van der Waals surface area contributed by atoms with Crippen LogP contribution in [0.2, 0.25) is 0 Å². The van der Waals surface area contributed by atoms with Crippen LogP contribution in [0.15, 0.2) is 10.5 Å². The lowest BCUT2D eigenvalue weighted by Crippen LogP contribution is -2.04. The Balaban J connectivity index is 3.49. The van der Waals surface area contributed by atoms with Crippen molar-refractivity contribution >= 4 is 35.7 Å². The van der Waals surface area contributed by atoms with Crippen LogP contribution in [0, 0.1) is 5.82 Å². The number of hydrogen-bond donors (Lipinski definition) is 0. The van der Waals surface area contributed by atoms with Crippen LogP contribution in [0.25, 0.3) is 0 Å². The van der Waals surface area contributed by atoms with Crippen molar-refractivity contribution in [3.63, 3.8) is 0 Å². The van der Waals surface area contributed by atoms with Crippen LogP contribution in [0.5, 0.6) is 11.5 Å². The summed E-state index contributed by atoms with van der Waals surface area (Å²) in [5.41, 5.74) is -0.172. The normalized spacial score (nSPS) is 11.4. The quantitative estimate of drug-likeness (QED) is 0.786. The Bertz CT molecular complexity index is 532. The predicted octanol–water partition coefficient (Wildman–Crippen LogP) is 2.67. The van der Waals surface area contributed by atoms with Crippen LogP contribution < -0.4 is 9.47 Å². The molecular formula is C9H9BrClFO4S. The van der Waals surface area contributed by atoms with Crippen LogP contribution in [0.1, 0.15) is 5.56 Å². The second-order valence-electron chi connectivity index (χ2n) is 3.07. The molecule has 4 nitrogen and oxygen atoms in total. The molecular weight excluding hydrogens is 339 g/mol. The Morgan fingerprint density at radius 1 is 1.41 bits per heavy atom. The lowest BCUT2D eigenvalue weighted by atomic mass is 10.2. The largest absolute Gasteiger partial charge is 0.493 e. The van der Waals surface area contributed by atoms with Gasteiger partial charge in [0.2, 0.25) is 9.05 Å². The fourth-order valence-corrected chi connectivity index (χ4v) is 2.69. The van der Waals surface area contributed by atoms with E-state index in [0.717, 1.165) is 0 Å². The maximum Gasteiger partial charge on any atom is 0.237 e. The van der Waals surface area contributed by atoms with Gasteiger partial charge in [0.25, 0.3) is 0 Å². The van der Waals surface area contributed by atoms with E-state index in [2.05, 4.69) is 15.9 Å². The Labute approximate surface area is 111 Å². The van der Waals surface area contributed by atoms with Crippen molar-refractivity contribution in [1.29, 1.82) is 0 Å². The third-order valence-electron chi connectivity index (χ3n) is 1.97. The van der Waals surface area contributed by atoms with E-state index in [-0.39, 0.29) is 21.5 Å². The SMILES string of the molecule is COc1cc(Br)c(F)c(CS(=O)(=O)Cl)c1OC. The van der Waals surface area contributed by atoms with Gasteiger partial charge < -0.3 is 9.47 Å². The highest BCUT2D eigenvalue weighted by atomic mass is 79.9. The average molecular weight is 348 g/mol. The first-order valence-electron chi connectivity index (χ1n) is 4.31. The first-order chi connectivity index (χ1) is 7.80. The molecule has 8 heteroatoms. The highest BCUT2D eigenvalue weighted by Gasteiger charge is 2.22. The molecule has 0 N–H and O–H groups in total. The van der Waals surface area contributed by atoms with Crippen LogP contribution in [-0.4, -0.2) is 22.6 Å². The maximum absolute atomic E-state index is 13.8. The van der Waals surface area contributed by atoms with E-state index in [1.807, 2.05) is 0 Å². The summed E-state index contributed by atoms with van der Waals surface area (Å²) in [6.07, 6.45) is 0. The number of rotatable bonds is 4. The summed E-state index contributed by atoms with van der Waals surface area (Å²) in [5, 5.41) is 0. The molecule has 0 aliphatic carbocycles. The molecule has 96 valence electrons. The third kappa shape index (κ3) is 3.46. The predicted molar refractivity (Wildman–Crippen MR) is 65.7 cm³/mol. The molecule has 17 heavy (non-hydrogen) atoms. The van der Waals surface area contributed by atoms with Gasteiger partial charge in [0, 0.05) is 16.7 Å². The van der Waals surface area contributed by atoms with Crippen molar-refractivity contribution in [2.24, 2.45) is 0 Å². The van der Waals surface area contributed by atoms with Crippen molar-refractivity contribution < 1.29 is 22.3 Å². The van der Waals surface area contributed by atoms with Crippen molar-refractivity contribution in [2.45, 2.75) is 5.75 Å². The van der Waals surface area contributed by atoms with Crippen molar-refractivity contribution in [1.82, 2.24) is 0 Å². The Morgan fingerprint density at radius 2 is 2.00 bits per heavy atom. The molecule has 0 fully saturated rings. The van der Waals surface area contributed by atoms with Gasteiger partial charge in [0.05, 0.1) is 30.0 Å². The molecule has 0 amide bonds. The van der Waals surface area contributed by atoms with E-state index in [1.54, 1.807) is 0 Å². The van der Waals surface area contributed by atoms with Gasteiger partial charge in [-0.05, 0) is 15.9 Å². The lowest BCUT2D eigenvalue weighted by Gasteiger charge is -2.13. The molecule has 0 saturated heterocycles. The zero-order valence-corrected chi connectivity index (χ0v) is 12.1. The Kier molecular flexibility index (Phi) is 4.62. The van der Waals surface area contributed by atoms with Crippen molar-refractivity contribution in [3.05, 3.63) is 21.9 Å². The van der Waals surface area contributed by atoms with Gasteiger partial charge in [-0.3, -0.25) is 0 Å². The molecule has 0 bridgehead atoms. The van der Waals surface area contributed by atoms with E-state index in [1.165, 1.54) is 20.3 Å². The minimum absolute atomic E-state index is 0.0115. The topological polar surface area (TPSA) is 52.6 Å². The monoisotopic (exact) mass is 346 g/mol. The van der Waals surface area contributed by atoms with Gasteiger partial charge in [0.1, 0.15) is 5.82 Å². The van der Waals surface area contributed by atoms with Gasteiger partial charge >= 0.3 is 0 Å². The first-order valence-corrected chi connectivity index (χ1v) is 7.58. The minimum Gasteiger partial charge on any atom is -0.493 e. The molecule has 0 heterocycles. The molecule has 1 rings (SSSR count). The molecule has 1 aromatic rings. The number of hydrogen-bond acceptors (Lipinski definition) is 4. The zero-order valence-electron chi connectivity index (χ0n) is 8.96. The van der Waals surface area contributed by atoms with Gasteiger partial charge in [-0.25, -0.2) is 12.8 Å². The van der Waals surface area contributed by atoms with Gasteiger partial charge in [-0.2, -0.15) is 0 Å². The van der Waals surface area contributed by atoms with E-state index in [9.17, 15) is 12.8 Å². The Morgan fingerprint density at radius 3 is 2.41 bits per heavy atom. The molecule has 0 aromatic heterocycles. The van der Waals surface area contributed by atoms with E-state index >= 15 is 0 Å². The fraction of sp³-hybridized carbons (Fsp3) is 0.333. The van der Waals surface area contributed by atoms with Crippen LogP contribution in [0.4, 0.5) is 4.39 Å². The summed E-state index contributed by atoms with van der Waals surface area (Å²) in [5.74, 6) is -1.19. The molecule has 0 aliphatic heterocycles. The summed E-state index contributed by atoms with van der Waals surface area (Å²) in [7, 11) is 3.86. The summed E-state index contributed by atoms with van der Waals surface area (Å²) < 4.78 is 45.8. The average Bonchev–Trinajstić information content (AvgIpc) is 2.22. The zero-order chi connectivity index (χ0) is 13.2. The fourth-order valence-electron chi connectivity index (χ4n) is 1.31. The standard InChI is InChI=1S/C9H9BrClFO4S/c1-15-7-3-6(10)8(12)5(9(7)16-2)4-17(11,13)14/h3H,4H2,1-2H3. The number of halogens is 3. The summed E-state index contributed by atoms with van der Waals surface area (Å²) in [4.78, 5) is 0. The van der Waals surface area contributed by atoms with E-state index in [0.29, 0.717) is 0 Å². The van der Waals surface area contributed by atoms with Gasteiger partial charge in [0.15, 0.2) is 11.5 Å². The number of ether oxygens (including phenoxy) is 2. The maximum atomic E-state index is 13.8. The molecule has 0 aliphatic rings. The molecule has 1 aromatic carbocycles. The van der Waals surface area contributed by atoms with Crippen LogP contribution >= 0.6 is 26.6 Å². The van der Waals surface area contributed by atoms with Crippen molar-refractivity contribution in [2.75, 3.05) is 14.2 Å². The number of benzene rings is 1. The molecule has 0 radical (unpaired) electrons. The molecule has 0 spiro atoms. The lowest BCUT2D eigenvalue weighted by molar-refractivity contribution is 0.348. The van der Waals surface area contributed by atoms with E-state index < -0.39 is 20.6 Å². The van der Waals surface area contributed by atoms with Gasteiger partial charge in [-0.1, -0.05) is 0 Å². The van der Waals surface area contributed by atoms with Gasteiger partial charge in [-0.15, -0.1) is 0 Å². The number of methoxy groups -OCH3 is 2. The summed E-state index contributed by atoms with van der Waals surface area (Å²) >= 11 is 2.96. The Hall–Kier alpha value is -0.530. The first kappa shape index (κ1) is 14.5. The summed E-state index contributed by atoms with van der Waals surface area (Å²) in [6, 6.07) is 1.35. The molecule has 0 unspecified atom stereocenters. The molecule has 0 atom stereocenters. The van der Waals surface area contributed by atoms with Crippen molar-refractivity contribution in [3.8, 4) is 11.5 Å². The van der Waals surface area contributed by atoms with Crippen LogP contribution in [0.3, 0.4) is 0 Å². The second-order valence-corrected chi connectivity index (χ2v) is 6.70. The highest BCUT2D eigenvalue weighted by Crippen LogP contribution is 2.38. The smallest absolute Gasteiger partial charge is 0.237 e. The summed E-state index contributed by atoms with van der Waals surface area (Å²) in [6.45, 7) is 0. The minimum atomic E-state index is -3.90. The molecule has 0 saturated carbocycles. The second kappa shape index (κ2) is 5.41. The third-order valence-corrected chi connectivity index (χ3v) is 3.51. The van der Waals surface area contributed by atoms with E-state index in [4.69, 9.17) is 20.2 Å². The van der Waals surface area contributed by atoms with Crippen LogP contribution in [-0.2, 0) is 14.8 Å². The highest BCUT2D eigenvalue weighted by molar-refractivity contribution is 9.10.